The van der Waals surface area contributed by atoms with E-state index in [1.807, 2.05) is 31.2 Å². The fourth-order valence-electron chi connectivity index (χ4n) is 3.17. The molecule has 0 atom stereocenters. The summed E-state index contributed by atoms with van der Waals surface area (Å²) in [7, 11) is 0. The highest BCUT2D eigenvalue weighted by Crippen LogP contribution is 2.27. The quantitative estimate of drug-likeness (QED) is 0.282. The number of amides is 1. The minimum absolute atomic E-state index is 0.108. The van der Waals surface area contributed by atoms with E-state index in [1.165, 1.54) is 24.3 Å². The zero-order valence-electron chi connectivity index (χ0n) is 18.0. The van der Waals surface area contributed by atoms with E-state index in [2.05, 4.69) is 10.4 Å². The molecule has 34 heavy (non-hydrogen) atoms. The Morgan fingerprint density at radius 1 is 0.912 bits per heavy atom. The number of hydrogen-bond acceptors (Lipinski definition) is 3. The number of rotatable bonds is 7. The predicted molar refractivity (Wildman–Crippen MR) is 118 cm³/mol. The molecule has 9 heteroatoms. The van der Waals surface area contributed by atoms with Crippen molar-refractivity contribution in [1.29, 1.82) is 0 Å². The van der Waals surface area contributed by atoms with Gasteiger partial charge in [-0.25, -0.2) is 8.78 Å². The average molecular weight is 469 g/mol. The molecule has 1 N–H and O–H groups in total. The number of anilines is 1. The van der Waals surface area contributed by atoms with Crippen molar-refractivity contribution in [3.63, 3.8) is 0 Å². The molecule has 0 spiro atoms. The zero-order chi connectivity index (χ0) is 24.2. The van der Waals surface area contributed by atoms with E-state index < -0.39 is 34.9 Å². The van der Waals surface area contributed by atoms with E-state index in [1.54, 1.807) is 16.9 Å². The van der Waals surface area contributed by atoms with Crippen LogP contribution < -0.4 is 10.1 Å². The molecular weight excluding hydrogens is 450 g/mol. The van der Waals surface area contributed by atoms with Crippen molar-refractivity contribution in [1.82, 2.24) is 9.78 Å². The standard InChI is InChI=1S/C25H19F4N3O2/c1-15-2-4-16(5-3-15)13-32-11-10-21(31-32)30-25(33)18-8-6-17(7-9-18)14-34-24-22(28)19(26)12-20(27)23(24)29/h2-12H,13-14H2,1H3,(H,30,31,33). The van der Waals surface area contributed by atoms with Crippen molar-refractivity contribution in [3.8, 4) is 5.75 Å². The minimum Gasteiger partial charge on any atom is -0.483 e. The largest absolute Gasteiger partial charge is 0.483 e. The molecule has 0 aliphatic carbocycles. The fourth-order valence-corrected chi connectivity index (χ4v) is 3.17. The number of aryl methyl sites for hydroxylation is 1. The number of hydrogen-bond donors (Lipinski definition) is 1. The van der Waals surface area contributed by atoms with Gasteiger partial charge < -0.3 is 10.1 Å². The van der Waals surface area contributed by atoms with Crippen molar-refractivity contribution in [3.05, 3.63) is 112 Å². The maximum absolute atomic E-state index is 13.7. The van der Waals surface area contributed by atoms with Gasteiger partial charge in [0.05, 0.1) is 6.54 Å². The first kappa shape index (κ1) is 23.0. The molecule has 174 valence electrons. The molecule has 0 saturated carbocycles. The van der Waals surface area contributed by atoms with E-state index in [-0.39, 0.29) is 12.7 Å². The van der Waals surface area contributed by atoms with Gasteiger partial charge in [0.15, 0.2) is 23.2 Å². The summed E-state index contributed by atoms with van der Waals surface area (Å²) in [5, 5.41) is 7.03. The third-order valence-corrected chi connectivity index (χ3v) is 5.02. The number of carbonyl (C=O) groups excluding carboxylic acids is 1. The van der Waals surface area contributed by atoms with Gasteiger partial charge in [-0.15, -0.1) is 0 Å². The molecule has 0 saturated heterocycles. The van der Waals surface area contributed by atoms with E-state index >= 15 is 0 Å². The molecule has 0 aliphatic heterocycles. The minimum atomic E-state index is -1.61. The molecular formula is C25H19F4N3O2. The summed E-state index contributed by atoms with van der Waals surface area (Å²) in [5.74, 6) is -7.50. The van der Waals surface area contributed by atoms with Crippen LogP contribution in [0.5, 0.6) is 5.75 Å². The number of benzene rings is 3. The number of ether oxygens (including phenoxy) is 1. The number of aromatic nitrogens is 2. The summed E-state index contributed by atoms with van der Waals surface area (Å²) < 4.78 is 60.6. The number of halogens is 4. The molecule has 0 radical (unpaired) electrons. The maximum Gasteiger partial charge on any atom is 0.256 e. The normalized spacial score (nSPS) is 10.9. The highest BCUT2D eigenvalue weighted by Gasteiger charge is 2.20. The Hall–Kier alpha value is -4.14. The van der Waals surface area contributed by atoms with Crippen LogP contribution in [0.25, 0.3) is 0 Å². The highest BCUT2D eigenvalue weighted by atomic mass is 19.2. The summed E-state index contributed by atoms with van der Waals surface area (Å²) in [6, 6.07) is 15.8. The molecule has 5 nitrogen and oxygen atoms in total. The molecule has 0 unspecified atom stereocenters. The number of carbonyl (C=O) groups is 1. The Labute approximate surface area is 192 Å². The first-order chi connectivity index (χ1) is 16.3. The SMILES string of the molecule is Cc1ccc(Cn2ccc(NC(=O)c3ccc(COc4c(F)c(F)cc(F)c4F)cc3)n2)cc1. The molecule has 3 aromatic carbocycles. The van der Waals surface area contributed by atoms with Crippen molar-refractivity contribution >= 4 is 11.7 Å². The van der Waals surface area contributed by atoms with Crippen LogP contribution in [-0.2, 0) is 13.2 Å². The monoisotopic (exact) mass is 469 g/mol. The Morgan fingerprint density at radius 3 is 2.18 bits per heavy atom. The van der Waals surface area contributed by atoms with E-state index in [0.717, 1.165) is 11.1 Å². The van der Waals surface area contributed by atoms with Crippen molar-refractivity contribution < 1.29 is 27.1 Å². The topological polar surface area (TPSA) is 56.2 Å². The third kappa shape index (κ3) is 5.25. The molecule has 1 aromatic heterocycles. The maximum atomic E-state index is 13.7. The molecule has 0 aliphatic rings. The van der Waals surface area contributed by atoms with Crippen molar-refractivity contribution in [2.75, 3.05) is 5.32 Å². The van der Waals surface area contributed by atoms with E-state index in [4.69, 9.17) is 4.74 Å². The molecule has 1 heterocycles. The second kappa shape index (κ2) is 9.78. The Morgan fingerprint density at radius 2 is 1.53 bits per heavy atom. The van der Waals surface area contributed by atoms with Crippen LogP contribution >= 0.6 is 0 Å². The molecule has 0 fully saturated rings. The summed E-state index contributed by atoms with van der Waals surface area (Å²) >= 11 is 0. The summed E-state index contributed by atoms with van der Waals surface area (Å²) in [6.45, 7) is 2.21. The predicted octanol–water partition coefficient (Wildman–Crippen LogP) is 5.63. The number of nitrogens with zero attached hydrogens (tertiary/aromatic N) is 2. The second-order valence-electron chi connectivity index (χ2n) is 7.62. The average Bonchev–Trinajstić information content (AvgIpc) is 3.26. The van der Waals surface area contributed by atoms with E-state index in [0.29, 0.717) is 23.5 Å². The lowest BCUT2D eigenvalue weighted by atomic mass is 10.1. The summed E-state index contributed by atoms with van der Waals surface area (Å²) in [5.41, 5.74) is 2.98. The van der Waals surface area contributed by atoms with Gasteiger partial charge in [-0.2, -0.15) is 13.9 Å². The Bertz CT molecular complexity index is 1290. The second-order valence-corrected chi connectivity index (χ2v) is 7.62. The first-order valence-corrected chi connectivity index (χ1v) is 10.3. The van der Waals surface area contributed by atoms with Crippen LogP contribution in [0.4, 0.5) is 23.4 Å². The third-order valence-electron chi connectivity index (χ3n) is 5.02. The van der Waals surface area contributed by atoms with Gasteiger partial charge in [-0.1, -0.05) is 42.0 Å². The Kier molecular flexibility index (Phi) is 6.62. The lowest BCUT2D eigenvalue weighted by Crippen LogP contribution is -2.13. The number of nitrogens with one attached hydrogen (secondary N) is 1. The van der Waals surface area contributed by atoms with Gasteiger partial charge in [0.2, 0.25) is 11.6 Å². The highest BCUT2D eigenvalue weighted by molar-refractivity contribution is 6.03. The van der Waals surface area contributed by atoms with Crippen LogP contribution in [0.2, 0.25) is 0 Å². The summed E-state index contributed by atoms with van der Waals surface area (Å²) in [4.78, 5) is 12.5. The lowest BCUT2D eigenvalue weighted by molar-refractivity contribution is 0.102. The first-order valence-electron chi connectivity index (χ1n) is 10.3. The van der Waals surface area contributed by atoms with Gasteiger partial charge >= 0.3 is 0 Å². The Balaban J connectivity index is 1.36. The molecule has 0 bridgehead atoms. The fraction of sp³-hybridized carbons (Fsp3) is 0.120. The molecule has 4 rings (SSSR count). The van der Waals surface area contributed by atoms with Gasteiger partial charge in [0, 0.05) is 23.9 Å². The van der Waals surface area contributed by atoms with Crippen LogP contribution in [0.15, 0.2) is 66.9 Å². The van der Waals surface area contributed by atoms with Crippen molar-refractivity contribution in [2.45, 2.75) is 20.1 Å². The van der Waals surface area contributed by atoms with Gasteiger partial charge in [0.1, 0.15) is 6.61 Å². The smallest absolute Gasteiger partial charge is 0.256 e. The zero-order valence-corrected chi connectivity index (χ0v) is 18.0. The van der Waals surface area contributed by atoms with E-state index in [9.17, 15) is 22.4 Å². The summed E-state index contributed by atoms with van der Waals surface area (Å²) in [6.07, 6.45) is 1.75. The van der Waals surface area contributed by atoms with Crippen LogP contribution in [0, 0.1) is 30.2 Å². The lowest BCUT2D eigenvalue weighted by Gasteiger charge is -2.10. The van der Waals surface area contributed by atoms with Crippen LogP contribution in [0.3, 0.4) is 0 Å². The van der Waals surface area contributed by atoms with Gasteiger partial charge in [-0.3, -0.25) is 9.48 Å². The van der Waals surface area contributed by atoms with Gasteiger partial charge in [0.25, 0.3) is 5.91 Å². The van der Waals surface area contributed by atoms with Crippen LogP contribution in [-0.4, -0.2) is 15.7 Å². The molecule has 4 aromatic rings. The molecule has 1 amide bonds. The van der Waals surface area contributed by atoms with Gasteiger partial charge in [-0.05, 0) is 30.2 Å². The van der Waals surface area contributed by atoms with Crippen molar-refractivity contribution in [2.24, 2.45) is 0 Å². The van der Waals surface area contributed by atoms with Crippen LogP contribution in [0.1, 0.15) is 27.0 Å².